The number of hydrogen-bond acceptors (Lipinski definition) is 7. The molecule has 78 valence electrons. The minimum Gasteiger partial charge on any atom is 3.00 e. The van der Waals surface area contributed by atoms with Crippen LogP contribution in [0, 0.1) is 61.3 Å². The molecule has 0 saturated carbocycles. The predicted molar refractivity (Wildman–Crippen MR) is 35.1 cm³/mol. The van der Waals surface area contributed by atoms with Crippen molar-refractivity contribution in [1.29, 1.82) is 26.3 Å². The van der Waals surface area contributed by atoms with Gasteiger partial charge in [0, 0.05) is 0 Å². The SMILES string of the molecule is N#[C][Fe-3]([C]#N)([C]#N)([C]#N)([C]#N)[N+](=O)[O-].[Fe+3]. The third-order valence-corrected chi connectivity index (χ3v) is 5.32. The number of nitrogens with zero attached hydrogens (tertiary/aromatic N) is 6. The molecule has 0 heterocycles. The van der Waals surface area contributed by atoms with Crippen molar-refractivity contribution in [2.24, 2.45) is 0 Å². The van der Waals surface area contributed by atoms with Crippen LogP contribution in [0.25, 0.3) is 0 Å². The predicted octanol–water partition coefficient (Wildman–Crippen LogP) is -0.194. The van der Waals surface area contributed by atoms with Gasteiger partial charge in [0.2, 0.25) is 0 Å². The Labute approximate surface area is 93.3 Å². The molecular formula is C5Fe2N6O2. The quantitative estimate of drug-likeness (QED) is 0.366. The molecule has 10 heteroatoms. The van der Waals surface area contributed by atoms with Gasteiger partial charge in [-0.25, -0.2) is 0 Å². The van der Waals surface area contributed by atoms with Crippen LogP contribution < -0.4 is 0 Å². The van der Waals surface area contributed by atoms with E-state index < -0.39 is 14.9 Å². The van der Waals surface area contributed by atoms with Crippen molar-refractivity contribution < 1.29 is 32.0 Å². The van der Waals surface area contributed by atoms with Gasteiger partial charge in [0.1, 0.15) is 0 Å². The first-order chi connectivity index (χ1) is 6.37. The first-order valence-electron chi connectivity index (χ1n) is 2.53. The summed E-state index contributed by atoms with van der Waals surface area (Å²) in [5.41, 5.74) is 0. The summed E-state index contributed by atoms with van der Waals surface area (Å²) in [6, 6.07) is 0. The van der Waals surface area contributed by atoms with Crippen LogP contribution in [0.2, 0.25) is 0 Å². The zero-order valence-corrected chi connectivity index (χ0v) is 8.92. The summed E-state index contributed by atoms with van der Waals surface area (Å²) in [4.78, 5) is 14.3. The third-order valence-electron chi connectivity index (χ3n) is 1.29. The summed E-state index contributed by atoms with van der Waals surface area (Å²) in [7, 11) is -6.88. The molecule has 0 aromatic rings. The van der Waals surface area contributed by atoms with Crippen LogP contribution in [-0.2, 0) is 28.0 Å². The van der Waals surface area contributed by atoms with E-state index in [9.17, 15) is 10.1 Å². The van der Waals surface area contributed by atoms with Crippen LogP contribution in [0.1, 0.15) is 0 Å². The van der Waals surface area contributed by atoms with Crippen LogP contribution in [-0.4, -0.2) is 3.94 Å². The van der Waals surface area contributed by atoms with Crippen LogP contribution in [0.3, 0.4) is 0 Å². The van der Waals surface area contributed by atoms with Crippen molar-refractivity contribution in [1.82, 2.24) is 0 Å². The van der Waals surface area contributed by atoms with Gasteiger partial charge in [-0.15, -0.1) is 0 Å². The Hall–Kier alpha value is -2.11. The Bertz CT molecular complexity index is 440. The average molecular weight is 288 g/mol. The standard InChI is InChI=1S/5CN.2Fe.NO2/c5*1-2;;;2-1-3/q;;;;;-3;+3;. The van der Waals surface area contributed by atoms with E-state index in [1.807, 2.05) is 0 Å². The van der Waals surface area contributed by atoms with E-state index in [1.165, 1.54) is 0 Å². The summed E-state index contributed by atoms with van der Waals surface area (Å²) in [6.45, 7) is 0. The van der Waals surface area contributed by atoms with Crippen LogP contribution >= 0.6 is 0 Å². The Morgan fingerprint density at radius 1 is 0.867 bits per heavy atom. The van der Waals surface area contributed by atoms with Gasteiger partial charge in [0.05, 0.1) is 0 Å². The molecule has 0 bridgehead atoms. The Balaban J connectivity index is 0. The fraction of sp³-hybridized carbons (Fsp3) is 0. The summed E-state index contributed by atoms with van der Waals surface area (Å²) in [5.74, 6) is 0. The maximum absolute atomic E-state index is 10.6. The third kappa shape index (κ3) is 1.07. The number of nitriles is 5. The minimum atomic E-state index is -6.88. The molecule has 0 aromatic heterocycles. The van der Waals surface area contributed by atoms with Crippen molar-refractivity contribution in [3.63, 3.8) is 0 Å². The van der Waals surface area contributed by atoms with Crippen molar-refractivity contribution in [2.45, 2.75) is 0 Å². The molecular weight excluding hydrogens is 288 g/mol. The van der Waals surface area contributed by atoms with Gasteiger partial charge in [-0.3, -0.25) is 0 Å². The van der Waals surface area contributed by atoms with Gasteiger partial charge in [-0.05, 0) is 0 Å². The molecule has 15 heavy (non-hydrogen) atoms. The van der Waals surface area contributed by atoms with Gasteiger partial charge < -0.3 is 0 Å². The first kappa shape index (κ1) is 15.4. The van der Waals surface area contributed by atoms with E-state index >= 15 is 0 Å². The topological polar surface area (TPSA) is 162 Å². The first-order valence-corrected chi connectivity index (χ1v) is 5.78. The Morgan fingerprint density at radius 3 is 1.07 bits per heavy atom. The fourth-order valence-corrected chi connectivity index (χ4v) is 1.32. The molecule has 0 amide bonds. The van der Waals surface area contributed by atoms with Gasteiger partial charge in [-0.2, -0.15) is 0 Å². The molecule has 0 atom stereocenters. The van der Waals surface area contributed by atoms with E-state index in [0.29, 0.717) is 0 Å². The normalized spacial score (nSPS) is 12.7. The molecule has 0 aliphatic heterocycles. The van der Waals surface area contributed by atoms with Gasteiger partial charge in [-0.1, -0.05) is 0 Å². The molecule has 0 saturated heterocycles. The van der Waals surface area contributed by atoms with E-state index in [1.54, 1.807) is 0 Å². The van der Waals surface area contributed by atoms with E-state index in [-0.39, 0.29) is 17.1 Å². The van der Waals surface area contributed by atoms with Crippen molar-refractivity contribution in [2.75, 3.05) is 0 Å². The van der Waals surface area contributed by atoms with Gasteiger partial charge in [0.15, 0.2) is 0 Å². The summed E-state index contributed by atoms with van der Waals surface area (Å²) in [5, 5.41) is 53.2. The van der Waals surface area contributed by atoms with Gasteiger partial charge >= 0.3 is 93.2 Å². The molecule has 0 spiro atoms. The second kappa shape index (κ2) is 3.23. The summed E-state index contributed by atoms with van der Waals surface area (Å²) >= 11 is 0. The van der Waals surface area contributed by atoms with Crippen molar-refractivity contribution in [3.05, 3.63) is 10.1 Å². The van der Waals surface area contributed by atoms with Crippen LogP contribution in [0.15, 0.2) is 0 Å². The zero-order valence-electron chi connectivity index (χ0n) is 6.71. The maximum Gasteiger partial charge on any atom is 3.00 e. The minimum absolute atomic E-state index is 0. The monoisotopic (exact) mass is 288 g/mol. The number of rotatable bonds is 1. The zero-order chi connectivity index (χ0) is 11.5. The molecule has 0 aliphatic carbocycles. The molecule has 0 aromatic carbocycles. The second-order valence-electron chi connectivity index (χ2n) is 1.88. The molecule has 0 aliphatic rings. The average Bonchev–Trinajstić information content (AvgIpc) is 2.25. The maximum atomic E-state index is 10.6. The summed E-state index contributed by atoms with van der Waals surface area (Å²) in [6.07, 6.45) is 0. The molecule has 0 rings (SSSR count). The molecule has 0 N–H and O–H groups in total. The van der Waals surface area contributed by atoms with Crippen LogP contribution in [0.5, 0.6) is 0 Å². The summed E-state index contributed by atoms with van der Waals surface area (Å²) < 4.78 is -1.65. The van der Waals surface area contributed by atoms with E-state index in [0.717, 1.165) is 24.8 Å². The van der Waals surface area contributed by atoms with Crippen molar-refractivity contribution in [3.8, 4) is 24.8 Å². The smallest absolute Gasteiger partial charge is 3.00 e. The number of nitro groups is 1. The van der Waals surface area contributed by atoms with E-state index in [4.69, 9.17) is 26.3 Å². The fourth-order valence-electron chi connectivity index (χ4n) is 0.321. The molecule has 1 radical (unpaired) electrons. The molecule has 0 unspecified atom stereocenters. The number of hydrogen-bond donors (Lipinski definition) is 0. The van der Waals surface area contributed by atoms with Gasteiger partial charge in [0.25, 0.3) is 0 Å². The molecule has 0 fully saturated rings. The largest absolute Gasteiger partial charge is 3.00 e. The Morgan fingerprint density at radius 2 is 1.07 bits per heavy atom. The molecule has 8 nitrogen and oxygen atoms in total. The van der Waals surface area contributed by atoms with Crippen LogP contribution in [0.4, 0.5) is 0 Å². The van der Waals surface area contributed by atoms with Crippen molar-refractivity contribution >= 4 is 0 Å². The van der Waals surface area contributed by atoms with E-state index in [2.05, 4.69) is 0 Å². The Kier molecular flexibility index (Phi) is 3.31. The second-order valence-corrected chi connectivity index (χ2v) is 7.51.